The van der Waals surface area contributed by atoms with E-state index < -0.39 is 11.8 Å². The van der Waals surface area contributed by atoms with Gasteiger partial charge >= 0.3 is 5.97 Å². The van der Waals surface area contributed by atoms with Gasteiger partial charge in [-0.1, -0.05) is 6.07 Å². The molecule has 0 saturated carbocycles. The quantitative estimate of drug-likeness (QED) is 0.582. The molecule has 0 aliphatic heterocycles. The number of ketones is 1. The Kier molecular flexibility index (Phi) is 4.17. The number of halogens is 1. The van der Waals surface area contributed by atoms with Gasteiger partial charge in [0.25, 0.3) is 0 Å². The molecule has 86 valence electrons. The molecule has 1 rings (SSSR count). The number of rotatable bonds is 4. The monoisotopic (exact) mass is 224 g/mol. The first-order chi connectivity index (χ1) is 7.54. The lowest BCUT2D eigenvalue weighted by atomic mass is 10.0. The van der Waals surface area contributed by atoms with Crippen molar-refractivity contribution in [1.82, 2.24) is 0 Å². The summed E-state index contributed by atoms with van der Waals surface area (Å²) in [6, 6.07) is 4.03. The van der Waals surface area contributed by atoms with Crippen molar-refractivity contribution in [2.45, 2.75) is 19.8 Å². The van der Waals surface area contributed by atoms with E-state index in [0.29, 0.717) is 11.1 Å². The Hall–Kier alpha value is -1.71. The lowest BCUT2D eigenvalue weighted by Gasteiger charge is -2.04. The van der Waals surface area contributed by atoms with Crippen LogP contribution in [-0.2, 0) is 9.53 Å². The number of benzene rings is 1. The number of ether oxygens (including phenoxy) is 1. The molecule has 3 nitrogen and oxygen atoms in total. The molecule has 0 N–H and O–H groups in total. The number of carbonyl (C=O) groups is 2. The predicted octanol–water partition coefficient (Wildman–Crippen LogP) is 2.27. The van der Waals surface area contributed by atoms with Crippen molar-refractivity contribution in [2.75, 3.05) is 7.11 Å². The van der Waals surface area contributed by atoms with E-state index in [0.717, 1.165) is 0 Å². The van der Waals surface area contributed by atoms with Gasteiger partial charge in [0.2, 0.25) is 0 Å². The Bertz CT molecular complexity index is 413. The normalized spacial score (nSPS) is 9.94. The average Bonchev–Trinajstić information content (AvgIpc) is 2.28. The molecule has 4 heteroatoms. The molecule has 0 heterocycles. The van der Waals surface area contributed by atoms with E-state index in [-0.39, 0.29) is 18.6 Å². The Morgan fingerprint density at radius 3 is 2.62 bits per heavy atom. The van der Waals surface area contributed by atoms with E-state index >= 15 is 0 Å². The number of Topliss-reactive ketones (excluding diaryl/α,β-unsaturated/α-hetero) is 1. The first kappa shape index (κ1) is 12.4. The average molecular weight is 224 g/mol. The number of aryl methyl sites for hydroxylation is 1. The first-order valence-corrected chi connectivity index (χ1v) is 4.90. The maximum Gasteiger partial charge on any atom is 0.305 e. The molecule has 16 heavy (non-hydrogen) atoms. The molecule has 0 bridgehead atoms. The van der Waals surface area contributed by atoms with Gasteiger partial charge in [-0.15, -0.1) is 0 Å². The third-order valence-electron chi connectivity index (χ3n) is 2.28. The summed E-state index contributed by atoms with van der Waals surface area (Å²) < 4.78 is 17.4. The van der Waals surface area contributed by atoms with Gasteiger partial charge < -0.3 is 4.74 Å². The minimum atomic E-state index is -0.452. The minimum absolute atomic E-state index is 0.0191. The van der Waals surface area contributed by atoms with Crippen LogP contribution in [-0.4, -0.2) is 18.9 Å². The molecule has 0 spiro atoms. The molecule has 1 aromatic carbocycles. The highest BCUT2D eigenvalue weighted by molar-refractivity contribution is 5.98. The highest BCUT2D eigenvalue weighted by Gasteiger charge is 2.12. The molecule has 0 amide bonds. The standard InChI is InChI=1S/C12H13FO3/c1-8-3-4-9(13)7-10(8)11(14)5-6-12(15)16-2/h3-4,7H,5-6H2,1-2H3. The van der Waals surface area contributed by atoms with Crippen LogP contribution in [0.15, 0.2) is 18.2 Å². The molecular weight excluding hydrogens is 211 g/mol. The summed E-state index contributed by atoms with van der Waals surface area (Å²) >= 11 is 0. The second-order valence-corrected chi connectivity index (χ2v) is 3.46. The smallest absolute Gasteiger partial charge is 0.305 e. The van der Waals surface area contributed by atoms with Crippen LogP contribution >= 0.6 is 0 Å². The first-order valence-electron chi connectivity index (χ1n) is 4.90. The second-order valence-electron chi connectivity index (χ2n) is 3.46. The molecule has 0 unspecified atom stereocenters. The summed E-state index contributed by atoms with van der Waals surface area (Å²) in [5.74, 6) is -1.14. The largest absolute Gasteiger partial charge is 0.469 e. The van der Waals surface area contributed by atoms with Gasteiger partial charge in [0.15, 0.2) is 5.78 Å². The Morgan fingerprint density at radius 2 is 2.00 bits per heavy atom. The minimum Gasteiger partial charge on any atom is -0.469 e. The summed E-state index contributed by atoms with van der Waals surface area (Å²) in [6.45, 7) is 1.73. The summed E-state index contributed by atoms with van der Waals surface area (Å²) in [4.78, 5) is 22.5. The number of carbonyl (C=O) groups excluding carboxylic acids is 2. The van der Waals surface area contributed by atoms with Crippen molar-refractivity contribution in [3.63, 3.8) is 0 Å². The molecule has 0 atom stereocenters. The van der Waals surface area contributed by atoms with E-state index in [9.17, 15) is 14.0 Å². The molecule has 0 aliphatic carbocycles. The number of hydrogen-bond donors (Lipinski definition) is 0. The number of hydrogen-bond acceptors (Lipinski definition) is 3. The van der Waals surface area contributed by atoms with E-state index in [1.807, 2.05) is 0 Å². The summed E-state index contributed by atoms with van der Waals surface area (Å²) in [6.07, 6.45) is 0.0578. The van der Waals surface area contributed by atoms with E-state index in [1.165, 1.54) is 19.2 Å². The molecule has 0 fully saturated rings. The number of esters is 1. The zero-order valence-corrected chi connectivity index (χ0v) is 9.25. The van der Waals surface area contributed by atoms with Crippen LogP contribution in [0.4, 0.5) is 4.39 Å². The fourth-order valence-electron chi connectivity index (χ4n) is 1.35. The maximum absolute atomic E-state index is 12.9. The zero-order valence-electron chi connectivity index (χ0n) is 9.25. The Labute approximate surface area is 93.2 Å². The van der Waals surface area contributed by atoms with Crippen molar-refractivity contribution in [1.29, 1.82) is 0 Å². The molecule has 0 aromatic heterocycles. The lowest BCUT2D eigenvalue weighted by Crippen LogP contribution is -2.07. The zero-order chi connectivity index (χ0) is 12.1. The van der Waals surface area contributed by atoms with Crippen LogP contribution in [0.3, 0.4) is 0 Å². The van der Waals surface area contributed by atoms with Crippen LogP contribution in [0.2, 0.25) is 0 Å². The van der Waals surface area contributed by atoms with Crippen molar-refractivity contribution in [2.24, 2.45) is 0 Å². The van der Waals surface area contributed by atoms with Gasteiger partial charge in [0.05, 0.1) is 13.5 Å². The van der Waals surface area contributed by atoms with Crippen LogP contribution < -0.4 is 0 Å². The topological polar surface area (TPSA) is 43.4 Å². The molecular formula is C12H13FO3. The van der Waals surface area contributed by atoms with Crippen LogP contribution in [0.5, 0.6) is 0 Å². The van der Waals surface area contributed by atoms with Gasteiger partial charge in [-0.25, -0.2) is 4.39 Å². The van der Waals surface area contributed by atoms with E-state index in [2.05, 4.69) is 4.74 Å². The van der Waals surface area contributed by atoms with Gasteiger partial charge in [0, 0.05) is 12.0 Å². The Morgan fingerprint density at radius 1 is 1.31 bits per heavy atom. The SMILES string of the molecule is COC(=O)CCC(=O)c1cc(F)ccc1C. The summed E-state index contributed by atoms with van der Waals surface area (Å²) in [5.41, 5.74) is 1.03. The molecule has 0 saturated heterocycles. The van der Waals surface area contributed by atoms with Crippen molar-refractivity contribution in [3.05, 3.63) is 35.1 Å². The summed E-state index contributed by atoms with van der Waals surface area (Å²) in [5, 5.41) is 0. The molecule has 0 aliphatic rings. The van der Waals surface area contributed by atoms with Crippen molar-refractivity contribution < 1.29 is 18.7 Å². The van der Waals surface area contributed by atoms with Gasteiger partial charge in [-0.3, -0.25) is 9.59 Å². The van der Waals surface area contributed by atoms with Crippen LogP contribution in [0.25, 0.3) is 0 Å². The van der Waals surface area contributed by atoms with Crippen molar-refractivity contribution in [3.8, 4) is 0 Å². The highest BCUT2D eigenvalue weighted by atomic mass is 19.1. The van der Waals surface area contributed by atoms with E-state index in [4.69, 9.17) is 0 Å². The van der Waals surface area contributed by atoms with Crippen molar-refractivity contribution >= 4 is 11.8 Å². The maximum atomic E-state index is 12.9. The van der Waals surface area contributed by atoms with Crippen LogP contribution in [0.1, 0.15) is 28.8 Å². The van der Waals surface area contributed by atoms with E-state index in [1.54, 1.807) is 13.0 Å². The van der Waals surface area contributed by atoms with Gasteiger partial charge in [0.1, 0.15) is 5.82 Å². The fourth-order valence-corrected chi connectivity index (χ4v) is 1.35. The van der Waals surface area contributed by atoms with Crippen LogP contribution in [0, 0.1) is 12.7 Å². The summed E-state index contributed by atoms with van der Waals surface area (Å²) in [7, 11) is 1.26. The third-order valence-corrected chi connectivity index (χ3v) is 2.28. The highest BCUT2D eigenvalue weighted by Crippen LogP contribution is 2.13. The van der Waals surface area contributed by atoms with Gasteiger partial charge in [-0.05, 0) is 24.6 Å². The second kappa shape index (κ2) is 5.39. The lowest BCUT2D eigenvalue weighted by molar-refractivity contribution is -0.140. The molecule has 1 aromatic rings. The fraction of sp³-hybridized carbons (Fsp3) is 0.333. The third kappa shape index (κ3) is 3.15. The van der Waals surface area contributed by atoms with Gasteiger partial charge in [-0.2, -0.15) is 0 Å². The Balaban J connectivity index is 2.73. The predicted molar refractivity (Wildman–Crippen MR) is 56.7 cm³/mol. The number of methoxy groups -OCH3 is 1. The molecule has 0 radical (unpaired) electrons.